The van der Waals surface area contributed by atoms with Crippen LogP contribution in [0.5, 0.6) is 5.75 Å². The first-order valence-electron chi connectivity index (χ1n) is 9.29. The number of pyridine rings is 1. The number of aromatic nitrogens is 2. The molecule has 1 unspecified atom stereocenters. The number of rotatable bonds is 4. The van der Waals surface area contributed by atoms with Crippen molar-refractivity contribution < 1.29 is 4.74 Å². The zero-order chi connectivity index (χ0) is 18.6. The van der Waals surface area contributed by atoms with Crippen LogP contribution in [0, 0.1) is 0 Å². The molecule has 0 spiro atoms. The number of halogens is 1. The molecule has 7 heteroatoms. The van der Waals surface area contributed by atoms with Crippen LogP contribution >= 0.6 is 24.0 Å². The van der Waals surface area contributed by atoms with Crippen LogP contribution in [0.25, 0.3) is 5.65 Å². The van der Waals surface area contributed by atoms with Crippen molar-refractivity contribution >= 4 is 35.6 Å². The average molecular weight is 491 g/mol. The molecule has 0 aliphatic carbocycles. The Morgan fingerprint density at radius 1 is 1.25 bits per heavy atom. The molecule has 1 saturated heterocycles. The molecular weight excluding hydrogens is 465 g/mol. The number of nitrogens with one attached hydrogen (secondary N) is 1. The van der Waals surface area contributed by atoms with Gasteiger partial charge < -0.3 is 19.4 Å². The lowest BCUT2D eigenvalue weighted by Gasteiger charge is -2.21. The number of guanidine groups is 1. The van der Waals surface area contributed by atoms with Crippen molar-refractivity contribution in [2.45, 2.75) is 18.9 Å². The van der Waals surface area contributed by atoms with Gasteiger partial charge in [-0.05, 0) is 36.2 Å². The lowest BCUT2D eigenvalue weighted by Crippen LogP contribution is -2.39. The van der Waals surface area contributed by atoms with Gasteiger partial charge in [-0.2, -0.15) is 0 Å². The van der Waals surface area contributed by atoms with E-state index in [1.54, 1.807) is 7.11 Å². The minimum absolute atomic E-state index is 0. The van der Waals surface area contributed by atoms with E-state index >= 15 is 0 Å². The van der Waals surface area contributed by atoms with Gasteiger partial charge in [0, 0.05) is 38.4 Å². The first-order valence-corrected chi connectivity index (χ1v) is 9.29. The van der Waals surface area contributed by atoms with Gasteiger partial charge in [-0.1, -0.05) is 18.2 Å². The summed E-state index contributed by atoms with van der Waals surface area (Å²) < 4.78 is 7.29. The number of imidazole rings is 1. The lowest BCUT2D eigenvalue weighted by molar-refractivity contribution is 0.414. The second-order valence-electron chi connectivity index (χ2n) is 6.80. The first-order chi connectivity index (χ1) is 13.3. The maximum Gasteiger partial charge on any atom is 0.193 e. The molecule has 1 atom stereocenters. The Balaban J connectivity index is 0.00000225. The number of methoxy groups -OCH3 is 1. The van der Waals surface area contributed by atoms with Crippen LogP contribution in [0.15, 0.2) is 59.9 Å². The smallest absolute Gasteiger partial charge is 0.193 e. The SMILES string of the molecule is CN=C(NCc1cn2ccccc2n1)N1CCC(c2ccc(OC)cc2)C1.I. The van der Waals surface area contributed by atoms with Crippen molar-refractivity contribution in [1.29, 1.82) is 0 Å². The molecule has 1 fully saturated rings. The Morgan fingerprint density at radius 2 is 2.07 bits per heavy atom. The number of aliphatic imine (C=N–C) groups is 1. The van der Waals surface area contributed by atoms with Crippen LogP contribution in [0.1, 0.15) is 23.6 Å². The van der Waals surface area contributed by atoms with Gasteiger partial charge in [-0.25, -0.2) is 4.98 Å². The molecule has 1 aliphatic rings. The predicted molar refractivity (Wildman–Crippen MR) is 123 cm³/mol. The van der Waals surface area contributed by atoms with E-state index in [2.05, 4.69) is 38.5 Å². The van der Waals surface area contributed by atoms with E-state index in [-0.39, 0.29) is 24.0 Å². The molecule has 1 aliphatic heterocycles. The van der Waals surface area contributed by atoms with E-state index in [4.69, 9.17) is 4.74 Å². The topological polar surface area (TPSA) is 54.2 Å². The fraction of sp³-hybridized carbons (Fsp3) is 0.333. The molecule has 0 saturated carbocycles. The Labute approximate surface area is 182 Å². The highest BCUT2D eigenvalue weighted by Crippen LogP contribution is 2.28. The van der Waals surface area contributed by atoms with Crippen LogP contribution in [0.3, 0.4) is 0 Å². The van der Waals surface area contributed by atoms with E-state index < -0.39 is 0 Å². The van der Waals surface area contributed by atoms with Gasteiger partial charge in [0.1, 0.15) is 11.4 Å². The molecule has 2 aromatic heterocycles. The van der Waals surface area contributed by atoms with Crippen molar-refractivity contribution in [2.24, 2.45) is 4.99 Å². The fourth-order valence-corrected chi connectivity index (χ4v) is 3.68. The molecule has 148 valence electrons. The summed E-state index contributed by atoms with van der Waals surface area (Å²) in [6.07, 6.45) is 5.20. The van der Waals surface area contributed by atoms with E-state index in [0.29, 0.717) is 12.5 Å². The van der Waals surface area contributed by atoms with Gasteiger partial charge in [0.05, 0.1) is 19.3 Å². The third kappa shape index (κ3) is 4.40. The Hall–Kier alpha value is -2.29. The summed E-state index contributed by atoms with van der Waals surface area (Å²) >= 11 is 0. The minimum atomic E-state index is 0. The molecule has 1 N–H and O–H groups in total. The average Bonchev–Trinajstić information content (AvgIpc) is 3.35. The number of likely N-dealkylation sites (tertiary alicyclic amines) is 1. The van der Waals surface area contributed by atoms with Gasteiger partial charge >= 0.3 is 0 Å². The Bertz CT molecular complexity index is 904. The molecule has 1 aromatic carbocycles. The summed E-state index contributed by atoms with van der Waals surface area (Å²) in [6.45, 7) is 2.64. The number of hydrogen-bond acceptors (Lipinski definition) is 3. The standard InChI is InChI=1S/C21H25N5O.HI/c1-22-21(23-13-18-15-25-11-4-3-5-20(25)24-18)26-12-10-17(14-26)16-6-8-19(27-2)9-7-16;/h3-9,11,15,17H,10,12-14H2,1-2H3,(H,22,23);1H. The van der Waals surface area contributed by atoms with Crippen molar-refractivity contribution in [3.8, 4) is 5.75 Å². The van der Waals surface area contributed by atoms with Crippen LogP contribution < -0.4 is 10.1 Å². The molecule has 3 heterocycles. The quantitative estimate of drug-likeness (QED) is 0.345. The third-order valence-electron chi connectivity index (χ3n) is 5.13. The van der Waals surface area contributed by atoms with Gasteiger partial charge in [-0.3, -0.25) is 4.99 Å². The summed E-state index contributed by atoms with van der Waals surface area (Å²) in [6, 6.07) is 14.4. The summed E-state index contributed by atoms with van der Waals surface area (Å²) in [7, 11) is 3.54. The molecule has 0 bridgehead atoms. The largest absolute Gasteiger partial charge is 0.497 e. The molecule has 0 amide bonds. The van der Waals surface area contributed by atoms with Crippen LogP contribution in [-0.4, -0.2) is 47.5 Å². The van der Waals surface area contributed by atoms with Crippen molar-refractivity contribution in [2.75, 3.05) is 27.2 Å². The zero-order valence-corrected chi connectivity index (χ0v) is 18.5. The van der Waals surface area contributed by atoms with E-state index in [1.165, 1.54) is 5.56 Å². The van der Waals surface area contributed by atoms with E-state index in [0.717, 1.165) is 42.6 Å². The highest BCUT2D eigenvalue weighted by molar-refractivity contribution is 14.0. The second kappa shape index (κ2) is 9.27. The lowest BCUT2D eigenvalue weighted by atomic mass is 9.98. The predicted octanol–water partition coefficient (Wildman–Crippen LogP) is 3.53. The van der Waals surface area contributed by atoms with Gasteiger partial charge in [0.25, 0.3) is 0 Å². The summed E-state index contributed by atoms with van der Waals surface area (Å²) in [5.74, 6) is 2.35. The molecule has 0 radical (unpaired) electrons. The summed E-state index contributed by atoms with van der Waals surface area (Å²) in [4.78, 5) is 11.4. The Kier molecular flexibility index (Phi) is 6.77. The molecule has 28 heavy (non-hydrogen) atoms. The maximum atomic E-state index is 5.26. The zero-order valence-electron chi connectivity index (χ0n) is 16.2. The fourth-order valence-electron chi connectivity index (χ4n) is 3.68. The van der Waals surface area contributed by atoms with Crippen LogP contribution in [-0.2, 0) is 6.54 Å². The van der Waals surface area contributed by atoms with Crippen molar-refractivity contribution in [3.63, 3.8) is 0 Å². The summed E-state index contributed by atoms with van der Waals surface area (Å²) in [5, 5.41) is 3.46. The van der Waals surface area contributed by atoms with Gasteiger partial charge in [0.15, 0.2) is 5.96 Å². The number of nitrogens with zero attached hydrogens (tertiary/aromatic N) is 4. The molecular formula is C21H26IN5O. The van der Waals surface area contributed by atoms with Crippen LogP contribution in [0.4, 0.5) is 0 Å². The normalized spacial score (nSPS) is 16.9. The number of fused-ring (bicyclic) bond motifs is 1. The highest BCUT2D eigenvalue weighted by Gasteiger charge is 2.26. The van der Waals surface area contributed by atoms with E-state index in [9.17, 15) is 0 Å². The monoisotopic (exact) mass is 491 g/mol. The number of benzene rings is 1. The summed E-state index contributed by atoms with van der Waals surface area (Å²) in [5.41, 5.74) is 3.33. The third-order valence-corrected chi connectivity index (χ3v) is 5.13. The maximum absolute atomic E-state index is 5.26. The molecule has 4 rings (SSSR count). The van der Waals surface area contributed by atoms with Crippen LogP contribution in [0.2, 0.25) is 0 Å². The molecule has 3 aromatic rings. The van der Waals surface area contributed by atoms with Gasteiger partial charge in [-0.15, -0.1) is 24.0 Å². The highest BCUT2D eigenvalue weighted by atomic mass is 127. The minimum Gasteiger partial charge on any atom is -0.497 e. The second-order valence-corrected chi connectivity index (χ2v) is 6.80. The first kappa shape index (κ1) is 20.4. The molecule has 6 nitrogen and oxygen atoms in total. The van der Waals surface area contributed by atoms with Crippen molar-refractivity contribution in [1.82, 2.24) is 19.6 Å². The van der Waals surface area contributed by atoms with Crippen molar-refractivity contribution in [3.05, 3.63) is 66.1 Å². The number of hydrogen-bond donors (Lipinski definition) is 1. The van der Waals surface area contributed by atoms with Gasteiger partial charge in [0.2, 0.25) is 0 Å². The Morgan fingerprint density at radius 3 is 2.79 bits per heavy atom. The number of ether oxygens (including phenoxy) is 1. The van der Waals surface area contributed by atoms with E-state index in [1.807, 2.05) is 48.0 Å².